The first-order valence-corrected chi connectivity index (χ1v) is 8.84. The standard InChI is InChI=1S/C19H28N2O2/c1-15(22)16-7-3-5-9-18(16)23-19-10-6-4-8-17(19)21-13-11-20(2)12-14-21/h3,5,7,9,17,19H,4,6,8,10-14H2,1-2H3. The molecule has 1 saturated carbocycles. The second kappa shape index (κ2) is 7.45. The summed E-state index contributed by atoms with van der Waals surface area (Å²) in [6.07, 6.45) is 5.00. The Morgan fingerprint density at radius 1 is 1.09 bits per heavy atom. The van der Waals surface area contributed by atoms with E-state index in [-0.39, 0.29) is 11.9 Å². The second-order valence-corrected chi connectivity index (χ2v) is 6.90. The lowest BCUT2D eigenvalue weighted by Crippen LogP contribution is -2.54. The number of likely N-dealkylation sites (N-methyl/N-ethyl adjacent to an activating group) is 1. The molecule has 2 aliphatic rings. The molecule has 0 aromatic heterocycles. The van der Waals surface area contributed by atoms with Crippen LogP contribution < -0.4 is 4.74 Å². The van der Waals surface area contributed by atoms with Gasteiger partial charge in [-0.05, 0) is 45.4 Å². The fourth-order valence-corrected chi connectivity index (χ4v) is 3.81. The predicted octanol–water partition coefficient (Wildman–Crippen LogP) is 2.83. The third kappa shape index (κ3) is 3.93. The highest BCUT2D eigenvalue weighted by atomic mass is 16.5. The Morgan fingerprint density at radius 2 is 1.78 bits per heavy atom. The fourth-order valence-electron chi connectivity index (χ4n) is 3.81. The van der Waals surface area contributed by atoms with Gasteiger partial charge < -0.3 is 9.64 Å². The van der Waals surface area contributed by atoms with E-state index >= 15 is 0 Å². The zero-order valence-corrected chi connectivity index (χ0v) is 14.3. The Bertz CT molecular complexity index is 538. The van der Waals surface area contributed by atoms with Crippen LogP contribution in [0.2, 0.25) is 0 Å². The second-order valence-electron chi connectivity index (χ2n) is 6.90. The lowest BCUT2D eigenvalue weighted by atomic mass is 9.90. The van der Waals surface area contributed by atoms with Crippen LogP contribution in [0.15, 0.2) is 24.3 Å². The van der Waals surface area contributed by atoms with E-state index in [9.17, 15) is 4.79 Å². The zero-order valence-electron chi connectivity index (χ0n) is 14.3. The van der Waals surface area contributed by atoms with Crippen LogP contribution in [-0.2, 0) is 0 Å². The smallest absolute Gasteiger partial charge is 0.163 e. The molecule has 0 spiro atoms. The van der Waals surface area contributed by atoms with Gasteiger partial charge in [-0.3, -0.25) is 9.69 Å². The Morgan fingerprint density at radius 3 is 2.52 bits per heavy atom. The molecule has 0 amide bonds. The van der Waals surface area contributed by atoms with Gasteiger partial charge in [0.2, 0.25) is 0 Å². The summed E-state index contributed by atoms with van der Waals surface area (Å²) in [6.45, 7) is 6.12. The van der Waals surface area contributed by atoms with Crippen molar-refractivity contribution in [3.63, 3.8) is 0 Å². The molecule has 1 saturated heterocycles. The van der Waals surface area contributed by atoms with Gasteiger partial charge in [0, 0.05) is 32.2 Å². The summed E-state index contributed by atoms with van der Waals surface area (Å²) in [4.78, 5) is 16.8. The molecule has 1 aliphatic carbocycles. The summed E-state index contributed by atoms with van der Waals surface area (Å²) in [5.74, 6) is 0.832. The summed E-state index contributed by atoms with van der Waals surface area (Å²) in [6, 6.07) is 8.15. The number of hydrogen-bond acceptors (Lipinski definition) is 4. The van der Waals surface area contributed by atoms with Gasteiger partial charge in [0.05, 0.1) is 5.56 Å². The molecule has 2 fully saturated rings. The van der Waals surface area contributed by atoms with Crippen LogP contribution >= 0.6 is 0 Å². The van der Waals surface area contributed by atoms with Crippen molar-refractivity contribution in [2.45, 2.75) is 44.8 Å². The molecule has 4 nitrogen and oxygen atoms in total. The third-order valence-electron chi connectivity index (χ3n) is 5.22. The van der Waals surface area contributed by atoms with Crippen molar-refractivity contribution in [3.05, 3.63) is 29.8 Å². The molecule has 1 aromatic carbocycles. The minimum Gasteiger partial charge on any atom is -0.488 e. The molecule has 1 aliphatic heterocycles. The maximum Gasteiger partial charge on any atom is 0.163 e. The summed E-state index contributed by atoms with van der Waals surface area (Å²) >= 11 is 0. The van der Waals surface area contributed by atoms with Crippen molar-refractivity contribution < 1.29 is 9.53 Å². The van der Waals surface area contributed by atoms with Crippen LogP contribution in [0, 0.1) is 0 Å². The number of Topliss-reactive ketones (excluding diaryl/α,β-unsaturated/α-hetero) is 1. The highest BCUT2D eigenvalue weighted by Gasteiger charge is 2.33. The lowest BCUT2D eigenvalue weighted by molar-refractivity contribution is 0.0127. The van der Waals surface area contributed by atoms with Crippen LogP contribution in [0.5, 0.6) is 5.75 Å². The molecular formula is C19H28N2O2. The number of ketones is 1. The van der Waals surface area contributed by atoms with E-state index in [0.717, 1.165) is 38.3 Å². The van der Waals surface area contributed by atoms with Crippen LogP contribution in [-0.4, -0.2) is 61.0 Å². The molecule has 0 bridgehead atoms. The first kappa shape index (κ1) is 16.5. The van der Waals surface area contributed by atoms with E-state index in [1.54, 1.807) is 6.92 Å². The number of carbonyl (C=O) groups is 1. The van der Waals surface area contributed by atoms with E-state index in [4.69, 9.17) is 4.74 Å². The number of hydrogen-bond donors (Lipinski definition) is 0. The van der Waals surface area contributed by atoms with Gasteiger partial charge in [0.15, 0.2) is 5.78 Å². The molecule has 2 unspecified atom stereocenters. The van der Waals surface area contributed by atoms with E-state index in [1.807, 2.05) is 24.3 Å². The quantitative estimate of drug-likeness (QED) is 0.800. The highest BCUT2D eigenvalue weighted by molar-refractivity contribution is 5.96. The largest absolute Gasteiger partial charge is 0.488 e. The van der Waals surface area contributed by atoms with Crippen LogP contribution in [0.1, 0.15) is 43.0 Å². The molecule has 23 heavy (non-hydrogen) atoms. The average molecular weight is 316 g/mol. The Kier molecular flexibility index (Phi) is 5.34. The van der Waals surface area contributed by atoms with Crippen molar-refractivity contribution in [1.82, 2.24) is 9.80 Å². The number of para-hydroxylation sites is 1. The fraction of sp³-hybridized carbons (Fsp3) is 0.632. The molecule has 2 atom stereocenters. The summed E-state index contributed by atoms with van der Waals surface area (Å²) in [7, 11) is 2.19. The summed E-state index contributed by atoms with van der Waals surface area (Å²) in [5.41, 5.74) is 0.704. The number of nitrogens with zero attached hydrogens (tertiary/aromatic N) is 2. The summed E-state index contributed by atoms with van der Waals surface area (Å²) < 4.78 is 6.36. The van der Waals surface area contributed by atoms with E-state index in [2.05, 4.69) is 16.8 Å². The van der Waals surface area contributed by atoms with Crippen molar-refractivity contribution in [1.29, 1.82) is 0 Å². The third-order valence-corrected chi connectivity index (χ3v) is 5.22. The number of carbonyl (C=O) groups excluding carboxylic acids is 1. The van der Waals surface area contributed by atoms with Crippen molar-refractivity contribution in [2.24, 2.45) is 0 Å². The molecule has 1 aromatic rings. The van der Waals surface area contributed by atoms with Crippen molar-refractivity contribution in [2.75, 3.05) is 33.2 Å². The normalized spacial score (nSPS) is 26.9. The topological polar surface area (TPSA) is 32.8 Å². The zero-order chi connectivity index (χ0) is 16.2. The molecule has 0 N–H and O–H groups in total. The molecule has 126 valence electrons. The Labute approximate surface area is 139 Å². The minimum absolute atomic E-state index is 0.0764. The van der Waals surface area contributed by atoms with Crippen LogP contribution in [0.25, 0.3) is 0 Å². The number of ether oxygens (including phenoxy) is 1. The van der Waals surface area contributed by atoms with Gasteiger partial charge >= 0.3 is 0 Å². The van der Waals surface area contributed by atoms with E-state index in [0.29, 0.717) is 11.6 Å². The molecule has 3 rings (SSSR count). The predicted molar refractivity (Wildman–Crippen MR) is 92.2 cm³/mol. The lowest BCUT2D eigenvalue weighted by Gasteiger charge is -2.43. The van der Waals surface area contributed by atoms with Gasteiger partial charge in [-0.1, -0.05) is 18.6 Å². The number of piperazine rings is 1. The molecule has 4 heteroatoms. The molecule has 1 heterocycles. The Hall–Kier alpha value is -1.39. The maximum absolute atomic E-state index is 11.8. The first-order valence-electron chi connectivity index (χ1n) is 8.84. The molecular weight excluding hydrogens is 288 g/mol. The maximum atomic E-state index is 11.8. The summed E-state index contributed by atoms with van der Waals surface area (Å²) in [5, 5.41) is 0. The van der Waals surface area contributed by atoms with Gasteiger partial charge in [-0.15, -0.1) is 0 Å². The van der Waals surface area contributed by atoms with Gasteiger partial charge in [-0.25, -0.2) is 0 Å². The number of benzene rings is 1. The number of rotatable bonds is 4. The van der Waals surface area contributed by atoms with E-state index < -0.39 is 0 Å². The van der Waals surface area contributed by atoms with Crippen molar-refractivity contribution >= 4 is 5.78 Å². The average Bonchev–Trinajstić information content (AvgIpc) is 2.56. The van der Waals surface area contributed by atoms with Crippen LogP contribution in [0.3, 0.4) is 0 Å². The van der Waals surface area contributed by atoms with Gasteiger partial charge in [0.1, 0.15) is 11.9 Å². The van der Waals surface area contributed by atoms with Crippen LogP contribution in [0.4, 0.5) is 0 Å². The van der Waals surface area contributed by atoms with E-state index in [1.165, 1.54) is 19.3 Å². The monoisotopic (exact) mass is 316 g/mol. The first-order chi connectivity index (χ1) is 11.1. The molecule has 0 radical (unpaired) electrons. The van der Waals surface area contributed by atoms with Gasteiger partial charge in [0.25, 0.3) is 0 Å². The van der Waals surface area contributed by atoms with Crippen molar-refractivity contribution in [3.8, 4) is 5.75 Å². The Balaban J connectivity index is 1.73. The highest BCUT2D eigenvalue weighted by Crippen LogP contribution is 2.29. The minimum atomic E-state index is 0.0764. The van der Waals surface area contributed by atoms with Gasteiger partial charge in [-0.2, -0.15) is 0 Å². The SMILES string of the molecule is CC(=O)c1ccccc1OC1CCCCC1N1CCN(C)CC1.